The SMILES string of the molecule is O=C(O)C1CCN(C(=O)C2=Cc3cc(Br)ccc3OC2)C1. The molecule has 0 bridgehead atoms. The van der Waals surface area contributed by atoms with Crippen LogP contribution in [0.3, 0.4) is 0 Å². The van der Waals surface area contributed by atoms with Crippen LogP contribution >= 0.6 is 15.9 Å². The van der Waals surface area contributed by atoms with Gasteiger partial charge in [0.1, 0.15) is 12.4 Å². The highest BCUT2D eigenvalue weighted by Gasteiger charge is 2.32. The van der Waals surface area contributed by atoms with Gasteiger partial charge < -0.3 is 14.7 Å². The molecule has 3 rings (SSSR count). The zero-order valence-electron chi connectivity index (χ0n) is 11.2. The van der Waals surface area contributed by atoms with Crippen molar-refractivity contribution in [2.45, 2.75) is 6.42 Å². The van der Waals surface area contributed by atoms with E-state index in [0.717, 1.165) is 15.8 Å². The van der Waals surface area contributed by atoms with Gasteiger partial charge in [0.2, 0.25) is 0 Å². The lowest BCUT2D eigenvalue weighted by atomic mass is 10.1. The number of rotatable bonds is 2. The van der Waals surface area contributed by atoms with E-state index in [2.05, 4.69) is 15.9 Å². The van der Waals surface area contributed by atoms with Gasteiger partial charge in [0, 0.05) is 23.1 Å². The van der Waals surface area contributed by atoms with Crippen molar-refractivity contribution in [3.05, 3.63) is 33.8 Å². The molecule has 5 nitrogen and oxygen atoms in total. The summed E-state index contributed by atoms with van der Waals surface area (Å²) >= 11 is 3.39. The molecule has 1 amide bonds. The second kappa shape index (κ2) is 5.52. The number of carbonyl (C=O) groups excluding carboxylic acids is 1. The Morgan fingerprint density at radius 1 is 1.38 bits per heavy atom. The summed E-state index contributed by atoms with van der Waals surface area (Å²) in [5, 5.41) is 9.00. The number of carboxylic acid groups (broad SMARTS) is 1. The molecule has 2 aliphatic heterocycles. The van der Waals surface area contributed by atoms with E-state index in [1.165, 1.54) is 0 Å². The number of ether oxygens (including phenoxy) is 1. The first kappa shape index (κ1) is 14.1. The van der Waals surface area contributed by atoms with E-state index in [1.54, 1.807) is 4.90 Å². The van der Waals surface area contributed by atoms with Gasteiger partial charge in [-0.2, -0.15) is 0 Å². The maximum atomic E-state index is 12.4. The maximum absolute atomic E-state index is 12.4. The summed E-state index contributed by atoms with van der Waals surface area (Å²) in [5.41, 5.74) is 1.42. The number of hydrogen-bond donors (Lipinski definition) is 1. The first-order valence-corrected chi connectivity index (χ1v) is 7.49. The zero-order valence-corrected chi connectivity index (χ0v) is 12.8. The van der Waals surface area contributed by atoms with Gasteiger partial charge in [-0.1, -0.05) is 15.9 Å². The number of hydrogen-bond acceptors (Lipinski definition) is 3. The van der Waals surface area contributed by atoms with Crippen molar-refractivity contribution in [2.24, 2.45) is 5.92 Å². The number of amides is 1. The Kier molecular flexibility index (Phi) is 3.71. The summed E-state index contributed by atoms with van der Waals surface area (Å²) in [6, 6.07) is 5.64. The minimum absolute atomic E-state index is 0.135. The van der Waals surface area contributed by atoms with E-state index in [4.69, 9.17) is 9.84 Å². The largest absolute Gasteiger partial charge is 0.488 e. The fraction of sp³-hybridized carbons (Fsp3) is 0.333. The minimum atomic E-state index is -0.839. The normalized spacial score (nSPS) is 20.5. The molecule has 1 N–H and O–H groups in total. The highest BCUT2D eigenvalue weighted by atomic mass is 79.9. The van der Waals surface area contributed by atoms with Crippen LogP contribution in [0.5, 0.6) is 5.75 Å². The fourth-order valence-electron chi connectivity index (χ4n) is 2.62. The molecule has 1 saturated heterocycles. The van der Waals surface area contributed by atoms with Crippen molar-refractivity contribution in [1.29, 1.82) is 0 Å². The Balaban J connectivity index is 1.79. The average molecular weight is 352 g/mol. The molecule has 110 valence electrons. The molecule has 1 aromatic carbocycles. The van der Waals surface area contributed by atoms with Crippen LogP contribution in [-0.2, 0) is 9.59 Å². The molecule has 1 unspecified atom stereocenters. The highest BCUT2D eigenvalue weighted by Crippen LogP contribution is 2.30. The van der Waals surface area contributed by atoms with E-state index in [-0.39, 0.29) is 19.1 Å². The Hall–Kier alpha value is -1.82. The number of carbonyl (C=O) groups is 2. The third-order valence-electron chi connectivity index (χ3n) is 3.78. The Bertz CT molecular complexity index is 641. The van der Waals surface area contributed by atoms with E-state index in [9.17, 15) is 9.59 Å². The number of benzene rings is 1. The molecule has 21 heavy (non-hydrogen) atoms. The standard InChI is InChI=1S/C15H14BrNO4/c16-12-1-2-13-10(6-12)5-11(8-21-13)14(18)17-4-3-9(7-17)15(19)20/h1-2,5-6,9H,3-4,7-8H2,(H,19,20). The average Bonchev–Trinajstić information content (AvgIpc) is 2.95. The summed E-state index contributed by atoms with van der Waals surface area (Å²) in [4.78, 5) is 25.0. The summed E-state index contributed by atoms with van der Waals surface area (Å²) < 4.78 is 6.51. The predicted molar refractivity (Wildman–Crippen MR) is 79.9 cm³/mol. The lowest BCUT2D eigenvalue weighted by Gasteiger charge is -2.22. The van der Waals surface area contributed by atoms with Crippen molar-refractivity contribution < 1.29 is 19.4 Å². The number of carboxylic acids is 1. The zero-order chi connectivity index (χ0) is 15.0. The van der Waals surface area contributed by atoms with E-state index in [1.807, 2.05) is 24.3 Å². The maximum Gasteiger partial charge on any atom is 0.308 e. The smallest absolute Gasteiger partial charge is 0.308 e. The van der Waals surface area contributed by atoms with Gasteiger partial charge in [-0.25, -0.2) is 0 Å². The fourth-order valence-corrected chi connectivity index (χ4v) is 3.00. The molecular formula is C15H14BrNO4. The molecule has 0 aromatic heterocycles. The second-order valence-electron chi connectivity index (χ2n) is 5.22. The number of halogens is 1. The molecule has 6 heteroatoms. The highest BCUT2D eigenvalue weighted by molar-refractivity contribution is 9.10. The Morgan fingerprint density at radius 3 is 2.90 bits per heavy atom. The first-order valence-electron chi connectivity index (χ1n) is 6.69. The molecule has 2 heterocycles. The molecule has 1 atom stereocenters. The van der Waals surface area contributed by atoms with E-state index < -0.39 is 11.9 Å². The summed E-state index contributed by atoms with van der Waals surface area (Å²) in [7, 11) is 0. The topological polar surface area (TPSA) is 66.8 Å². The van der Waals surface area contributed by atoms with Gasteiger partial charge in [-0.3, -0.25) is 9.59 Å². The predicted octanol–water partition coefficient (Wildman–Crippen LogP) is 2.16. The van der Waals surface area contributed by atoms with Crippen LogP contribution in [0.2, 0.25) is 0 Å². The molecule has 1 aromatic rings. The molecule has 0 saturated carbocycles. The molecule has 0 aliphatic carbocycles. The van der Waals surface area contributed by atoms with Gasteiger partial charge in [-0.05, 0) is 30.7 Å². The van der Waals surface area contributed by atoms with Crippen LogP contribution in [0.4, 0.5) is 0 Å². The molecule has 2 aliphatic rings. The summed E-state index contributed by atoms with van der Waals surface area (Å²) in [6.07, 6.45) is 2.33. The lowest BCUT2D eigenvalue weighted by Crippen LogP contribution is -2.33. The lowest BCUT2D eigenvalue weighted by molar-refractivity contribution is -0.141. The monoisotopic (exact) mass is 351 g/mol. The van der Waals surface area contributed by atoms with Crippen LogP contribution in [0, 0.1) is 5.92 Å². The third-order valence-corrected chi connectivity index (χ3v) is 4.28. The van der Waals surface area contributed by atoms with E-state index in [0.29, 0.717) is 18.5 Å². The van der Waals surface area contributed by atoms with Crippen LogP contribution in [0.25, 0.3) is 6.08 Å². The second-order valence-corrected chi connectivity index (χ2v) is 6.13. The molecule has 0 spiro atoms. The summed E-state index contributed by atoms with van der Waals surface area (Å²) in [5.74, 6) is -0.683. The van der Waals surface area contributed by atoms with Gasteiger partial charge in [0.15, 0.2) is 0 Å². The van der Waals surface area contributed by atoms with E-state index >= 15 is 0 Å². The van der Waals surface area contributed by atoms with Crippen molar-refractivity contribution in [2.75, 3.05) is 19.7 Å². The Morgan fingerprint density at radius 2 is 2.19 bits per heavy atom. The molecular weight excluding hydrogens is 338 g/mol. The van der Waals surface area contributed by atoms with Gasteiger partial charge in [0.05, 0.1) is 11.5 Å². The van der Waals surface area contributed by atoms with Gasteiger partial charge >= 0.3 is 5.97 Å². The van der Waals surface area contributed by atoms with Crippen LogP contribution in [0.1, 0.15) is 12.0 Å². The number of nitrogens with zero attached hydrogens (tertiary/aromatic N) is 1. The van der Waals surface area contributed by atoms with Crippen LogP contribution in [0.15, 0.2) is 28.2 Å². The van der Waals surface area contributed by atoms with Crippen molar-refractivity contribution in [3.63, 3.8) is 0 Å². The minimum Gasteiger partial charge on any atom is -0.488 e. The first-order chi connectivity index (χ1) is 10.0. The van der Waals surface area contributed by atoms with Crippen LogP contribution in [-0.4, -0.2) is 41.6 Å². The third kappa shape index (κ3) is 2.81. The molecule has 0 radical (unpaired) electrons. The van der Waals surface area contributed by atoms with Crippen molar-refractivity contribution in [3.8, 4) is 5.75 Å². The number of aliphatic carboxylic acids is 1. The van der Waals surface area contributed by atoms with Crippen LogP contribution < -0.4 is 4.74 Å². The van der Waals surface area contributed by atoms with Gasteiger partial charge in [0.25, 0.3) is 5.91 Å². The Labute approximate surface area is 130 Å². The molecule has 1 fully saturated rings. The van der Waals surface area contributed by atoms with Crippen molar-refractivity contribution in [1.82, 2.24) is 4.90 Å². The quantitative estimate of drug-likeness (QED) is 0.886. The number of fused-ring (bicyclic) bond motifs is 1. The number of likely N-dealkylation sites (tertiary alicyclic amines) is 1. The summed E-state index contributed by atoms with van der Waals surface area (Å²) in [6.45, 7) is 0.983. The van der Waals surface area contributed by atoms with Crippen molar-refractivity contribution >= 4 is 33.9 Å². The van der Waals surface area contributed by atoms with Gasteiger partial charge in [-0.15, -0.1) is 0 Å².